The highest BCUT2D eigenvalue weighted by molar-refractivity contribution is 8.13. The third-order valence-corrected chi connectivity index (χ3v) is 19.1. The van der Waals surface area contributed by atoms with Crippen LogP contribution in [0.4, 0.5) is 9.59 Å². The molecule has 16 heteroatoms. The zero-order valence-electron chi connectivity index (χ0n) is 63.2. The first-order valence-corrected chi connectivity index (χ1v) is 41.0. The van der Waals surface area contributed by atoms with E-state index in [4.69, 9.17) is 18.9 Å². The van der Waals surface area contributed by atoms with E-state index >= 15 is 0 Å². The molecule has 96 heavy (non-hydrogen) atoms. The van der Waals surface area contributed by atoms with Crippen molar-refractivity contribution >= 4 is 57.9 Å². The summed E-state index contributed by atoms with van der Waals surface area (Å²) in [5.74, 6) is 1.44. The first-order valence-electron chi connectivity index (χ1n) is 39.1. The second-order valence-corrected chi connectivity index (χ2v) is 29.4. The summed E-state index contributed by atoms with van der Waals surface area (Å²) in [4.78, 5) is 85.8. The van der Waals surface area contributed by atoms with Crippen LogP contribution in [-0.4, -0.2) is 158 Å². The Morgan fingerprint density at radius 2 is 0.656 bits per heavy atom. The number of esters is 4. The molecule has 558 valence electrons. The van der Waals surface area contributed by atoms with E-state index in [2.05, 4.69) is 80.9 Å². The number of carbonyl (C=O) groups excluding carboxylic acids is 6. The first-order chi connectivity index (χ1) is 46.6. The van der Waals surface area contributed by atoms with Crippen molar-refractivity contribution in [2.45, 2.75) is 329 Å². The van der Waals surface area contributed by atoms with Gasteiger partial charge >= 0.3 is 23.9 Å². The molecule has 0 aromatic heterocycles. The van der Waals surface area contributed by atoms with Crippen molar-refractivity contribution in [2.75, 3.05) is 92.2 Å². The maximum Gasteiger partial charge on any atom is 0.306 e. The molecule has 0 saturated carbocycles. The van der Waals surface area contributed by atoms with E-state index in [9.17, 15) is 28.8 Å². The minimum absolute atomic E-state index is 0.0397. The van der Waals surface area contributed by atoms with Crippen LogP contribution in [0.25, 0.3) is 0 Å². The largest absolute Gasteiger partial charge is 0.462 e. The molecule has 14 nitrogen and oxygen atoms in total. The molecule has 0 aromatic rings. The number of ether oxygens (including phenoxy) is 4. The van der Waals surface area contributed by atoms with Gasteiger partial charge in [-0.05, 0) is 163 Å². The summed E-state index contributed by atoms with van der Waals surface area (Å²) in [6.45, 7) is 15.7. The Kier molecular flexibility index (Phi) is 67.2. The van der Waals surface area contributed by atoms with Gasteiger partial charge < -0.3 is 38.5 Å². The molecule has 2 unspecified atom stereocenters. The van der Waals surface area contributed by atoms with E-state index in [0.29, 0.717) is 95.3 Å². The molecule has 0 aliphatic rings. The van der Waals surface area contributed by atoms with Crippen molar-refractivity contribution in [1.82, 2.24) is 19.6 Å². The van der Waals surface area contributed by atoms with Gasteiger partial charge in [-0.15, -0.1) is 0 Å². The highest BCUT2D eigenvalue weighted by atomic mass is 32.2. The third-order valence-electron chi connectivity index (χ3n) is 17.3. The van der Waals surface area contributed by atoms with E-state index in [1.165, 1.54) is 126 Å². The topological polar surface area (TPSA) is 152 Å². The van der Waals surface area contributed by atoms with Gasteiger partial charge in [0.05, 0.1) is 0 Å². The van der Waals surface area contributed by atoms with Crippen LogP contribution in [0.3, 0.4) is 0 Å². The molecule has 0 saturated heterocycles. The zero-order chi connectivity index (χ0) is 70.6. The van der Waals surface area contributed by atoms with Crippen LogP contribution in [-0.2, 0) is 38.1 Å². The number of thioether (sulfide) groups is 2. The van der Waals surface area contributed by atoms with Crippen molar-refractivity contribution in [3.8, 4) is 0 Å². The summed E-state index contributed by atoms with van der Waals surface area (Å²) < 4.78 is 23.1. The Labute approximate surface area is 598 Å². The van der Waals surface area contributed by atoms with Crippen LogP contribution in [0.1, 0.15) is 317 Å². The van der Waals surface area contributed by atoms with Crippen LogP contribution in [0.15, 0.2) is 48.6 Å². The lowest BCUT2D eigenvalue weighted by Gasteiger charge is -2.23. The minimum atomic E-state index is -0.189. The van der Waals surface area contributed by atoms with E-state index in [0.717, 1.165) is 148 Å². The van der Waals surface area contributed by atoms with Crippen molar-refractivity contribution < 1.29 is 47.7 Å². The fourth-order valence-corrected chi connectivity index (χ4v) is 13.2. The number of nitrogens with zero attached hydrogens (tertiary/aromatic N) is 4. The van der Waals surface area contributed by atoms with Crippen LogP contribution in [0.5, 0.6) is 0 Å². The quantitative estimate of drug-likeness (QED) is 0.0246. The number of amides is 2. The number of carbonyl (C=O) groups is 6. The molecule has 0 radical (unpaired) electrons. The number of hydrogen-bond donors (Lipinski definition) is 0. The molecule has 0 spiro atoms. The Morgan fingerprint density at radius 1 is 0.323 bits per heavy atom. The van der Waals surface area contributed by atoms with Crippen molar-refractivity contribution in [1.29, 1.82) is 0 Å². The lowest BCUT2D eigenvalue weighted by atomic mass is 9.96. The molecule has 2 amide bonds. The van der Waals surface area contributed by atoms with Gasteiger partial charge in [0.25, 0.3) is 10.5 Å². The zero-order valence-corrected chi connectivity index (χ0v) is 64.9. The monoisotopic (exact) mass is 1390 g/mol. The molecular formula is C80H146N4O10S2. The lowest BCUT2D eigenvalue weighted by molar-refractivity contribution is -0.150. The standard InChI is InChI=1S/C80H146N4O10S2/c1-10-14-18-22-26-34-48-68-91-75(85)58-44-36-46-62-84(80(90)96-71-67-82(8)9)65-51-61-78(88)94-74(56-42-32-23-19-15-11-2)57-43-33-25-24-30-38-52-72(5)53-39-31-27-35-49-69-92-76(86)59-45-37-47-63-83(79(89)95-70-66-81(6)7)64-50-60-77(87)93-73(54-40-28-20-16-12-3)55-41-29-21-17-13-4/h20-21,28-29,34-35,48-49,72-74H,10-19,22-27,30-33,36-47,50-71H2,1-9H3/b28-20+,29-21+,48-34-,49-35-. The predicted molar refractivity (Wildman–Crippen MR) is 409 cm³/mol. The van der Waals surface area contributed by atoms with Gasteiger partial charge in [-0.2, -0.15) is 0 Å². The van der Waals surface area contributed by atoms with Crippen molar-refractivity contribution in [3.05, 3.63) is 48.6 Å². The van der Waals surface area contributed by atoms with E-state index < -0.39 is 0 Å². The maximum absolute atomic E-state index is 13.3. The van der Waals surface area contributed by atoms with Crippen molar-refractivity contribution in [2.24, 2.45) is 5.92 Å². The van der Waals surface area contributed by atoms with Crippen LogP contribution >= 0.6 is 23.5 Å². The normalized spacial score (nSPS) is 12.5. The van der Waals surface area contributed by atoms with Gasteiger partial charge in [-0.1, -0.05) is 235 Å². The average Bonchev–Trinajstić information content (AvgIpc) is 1.86. The lowest BCUT2D eigenvalue weighted by Crippen LogP contribution is -2.31. The predicted octanol–water partition coefficient (Wildman–Crippen LogP) is 21.4. The molecule has 0 heterocycles. The molecule has 2 atom stereocenters. The van der Waals surface area contributed by atoms with Gasteiger partial charge in [0.15, 0.2) is 0 Å². The first kappa shape index (κ1) is 92.4. The van der Waals surface area contributed by atoms with Gasteiger partial charge in [0, 0.05) is 76.5 Å². The van der Waals surface area contributed by atoms with Gasteiger partial charge in [0.1, 0.15) is 25.4 Å². The second kappa shape index (κ2) is 69.9. The summed E-state index contributed by atoms with van der Waals surface area (Å²) >= 11 is 2.67. The maximum atomic E-state index is 13.3. The van der Waals surface area contributed by atoms with Gasteiger partial charge in [0.2, 0.25) is 0 Å². The fraction of sp³-hybridized carbons (Fsp3) is 0.825. The van der Waals surface area contributed by atoms with Gasteiger partial charge in [-0.3, -0.25) is 28.8 Å². The Balaban J connectivity index is 4.67. The number of unbranched alkanes of at least 4 members (excludes halogenated alkanes) is 22. The SMILES string of the molecule is CCC/C=C/CCC(CC/C=C/CCC)OC(=O)CCCN(CCCCCC(=O)OC/C=C\CCCCC(C)CCCCCCCCC(CCCCCCCC)OC(=O)CCCN(CCCCCC(=O)OC/C=C\CCCCCC)C(=O)SCCN(C)C)C(=O)SCCN(C)C. The Bertz CT molecular complexity index is 1960. The summed E-state index contributed by atoms with van der Waals surface area (Å²) in [5, 5.41) is 0.0924. The van der Waals surface area contributed by atoms with E-state index in [1.807, 2.05) is 50.1 Å². The number of allylic oxidation sites excluding steroid dienone is 6. The molecule has 0 rings (SSSR count). The fourth-order valence-electron chi connectivity index (χ4n) is 11.2. The van der Waals surface area contributed by atoms with E-state index in [-0.39, 0.29) is 53.0 Å². The smallest absolute Gasteiger partial charge is 0.306 e. The highest BCUT2D eigenvalue weighted by Gasteiger charge is 2.20. The summed E-state index contributed by atoms with van der Waals surface area (Å²) in [6, 6.07) is 0. The molecule has 0 aliphatic heterocycles. The average molecular weight is 1390 g/mol. The Hall–Kier alpha value is -3.60. The minimum Gasteiger partial charge on any atom is -0.462 e. The number of rotatable bonds is 68. The molecule has 0 N–H and O–H groups in total. The summed E-state index contributed by atoms with van der Waals surface area (Å²) in [7, 11) is 8.03. The van der Waals surface area contributed by atoms with Crippen molar-refractivity contribution in [3.63, 3.8) is 0 Å². The van der Waals surface area contributed by atoms with Crippen LogP contribution < -0.4 is 0 Å². The summed E-state index contributed by atoms with van der Waals surface area (Å²) in [5.41, 5.74) is 0. The molecule has 0 aromatic carbocycles. The molecule has 0 aliphatic carbocycles. The number of hydrogen-bond acceptors (Lipinski definition) is 14. The second-order valence-electron chi connectivity index (χ2n) is 27.3. The molecular weight excluding hydrogens is 1240 g/mol. The third kappa shape index (κ3) is 63.8. The molecule has 0 fully saturated rings. The Morgan fingerprint density at radius 3 is 1.08 bits per heavy atom. The van der Waals surface area contributed by atoms with Crippen LogP contribution in [0.2, 0.25) is 0 Å². The van der Waals surface area contributed by atoms with Crippen LogP contribution in [0, 0.1) is 5.92 Å². The summed E-state index contributed by atoms with van der Waals surface area (Å²) in [6.07, 6.45) is 59.9. The van der Waals surface area contributed by atoms with E-state index in [1.54, 1.807) is 0 Å². The molecule has 0 bridgehead atoms. The van der Waals surface area contributed by atoms with Gasteiger partial charge in [-0.25, -0.2) is 0 Å². The highest BCUT2D eigenvalue weighted by Crippen LogP contribution is 2.22.